The van der Waals surface area contributed by atoms with Crippen molar-refractivity contribution in [2.45, 2.75) is 13.2 Å². The number of nitrogens with one attached hydrogen (secondary N) is 1. The number of carbonyl (C=O) groups is 1. The van der Waals surface area contributed by atoms with E-state index in [1.807, 2.05) is 18.2 Å². The topological polar surface area (TPSA) is 59.9 Å². The van der Waals surface area contributed by atoms with Crippen LogP contribution in [0.15, 0.2) is 77.9 Å². The van der Waals surface area contributed by atoms with E-state index >= 15 is 0 Å². The second kappa shape index (κ2) is 10.4. The third kappa shape index (κ3) is 5.78. The third-order valence-corrected chi connectivity index (χ3v) is 4.35. The van der Waals surface area contributed by atoms with Crippen LogP contribution in [-0.4, -0.2) is 18.7 Å². The number of hydrazone groups is 1. The zero-order chi connectivity index (χ0) is 21.3. The van der Waals surface area contributed by atoms with Crippen LogP contribution in [0, 0.1) is 0 Å². The van der Waals surface area contributed by atoms with Gasteiger partial charge in [-0.1, -0.05) is 54.1 Å². The van der Waals surface area contributed by atoms with Crippen LogP contribution >= 0.6 is 11.6 Å². The Labute approximate surface area is 176 Å². The molecule has 0 heterocycles. The molecule has 5 nitrogen and oxygen atoms in total. The van der Waals surface area contributed by atoms with Gasteiger partial charge in [0, 0.05) is 16.1 Å². The maximum absolute atomic E-state index is 12.5. The average molecular weight is 431 g/mol. The highest BCUT2D eigenvalue weighted by Crippen LogP contribution is 2.22. The molecule has 0 saturated carbocycles. The van der Waals surface area contributed by atoms with E-state index in [0.717, 1.165) is 5.56 Å². The Balaban J connectivity index is 1.68. The van der Waals surface area contributed by atoms with Crippen molar-refractivity contribution in [3.63, 3.8) is 0 Å². The first-order valence-electron chi connectivity index (χ1n) is 8.87. The van der Waals surface area contributed by atoms with Crippen molar-refractivity contribution < 1.29 is 23.0 Å². The predicted molar refractivity (Wildman–Crippen MR) is 110 cm³/mol. The van der Waals surface area contributed by atoms with Gasteiger partial charge in [-0.25, -0.2) is 5.43 Å². The summed E-state index contributed by atoms with van der Waals surface area (Å²) < 4.78 is 35.1. The highest BCUT2D eigenvalue weighted by atomic mass is 35.5. The predicted octanol–water partition coefficient (Wildman–Crippen LogP) is 5.28. The molecule has 0 bridgehead atoms. The van der Waals surface area contributed by atoms with E-state index in [0.29, 0.717) is 16.3 Å². The number of alkyl halides is 2. The molecule has 3 rings (SSSR count). The summed E-state index contributed by atoms with van der Waals surface area (Å²) in [4.78, 5) is 12.5. The van der Waals surface area contributed by atoms with Gasteiger partial charge >= 0.3 is 6.61 Å². The number of hydrogen-bond acceptors (Lipinski definition) is 4. The molecule has 8 heteroatoms. The van der Waals surface area contributed by atoms with Crippen LogP contribution in [0.25, 0.3) is 0 Å². The van der Waals surface area contributed by atoms with E-state index < -0.39 is 12.5 Å². The van der Waals surface area contributed by atoms with Gasteiger partial charge in [-0.15, -0.1) is 0 Å². The first kappa shape index (κ1) is 21.3. The van der Waals surface area contributed by atoms with Gasteiger partial charge in [-0.05, 0) is 30.3 Å². The summed E-state index contributed by atoms with van der Waals surface area (Å²) in [5.41, 5.74) is 3.70. The molecule has 0 aliphatic rings. The average Bonchev–Trinajstić information content (AvgIpc) is 2.74. The van der Waals surface area contributed by atoms with Gasteiger partial charge in [0.2, 0.25) is 0 Å². The fourth-order valence-electron chi connectivity index (χ4n) is 2.56. The minimum atomic E-state index is -2.96. The Morgan fingerprint density at radius 2 is 1.67 bits per heavy atom. The van der Waals surface area contributed by atoms with Crippen LogP contribution in [0.2, 0.25) is 5.02 Å². The highest BCUT2D eigenvalue weighted by Gasteiger charge is 2.12. The third-order valence-electron chi connectivity index (χ3n) is 3.98. The second-order valence-corrected chi connectivity index (χ2v) is 6.40. The van der Waals surface area contributed by atoms with Crippen molar-refractivity contribution in [2.75, 3.05) is 0 Å². The van der Waals surface area contributed by atoms with Gasteiger partial charge in [0.25, 0.3) is 5.91 Å². The van der Waals surface area contributed by atoms with Crippen LogP contribution in [0.1, 0.15) is 21.5 Å². The summed E-state index contributed by atoms with van der Waals surface area (Å²) >= 11 is 6.13. The first-order chi connectivity index (χ1) is 14.5. The first-order valence-corrected chi connectivity index (χ1v) is 9.25. The highest BCUT2D eigenvalue weighted by molar-refractivity contribution is 6.31. The van der Waals surface area contributed by atoms with Crippen molar-refractivity contribution >= 4 is 23.7 Å². The number of hydrogen-bond donors (Lipinski definition) is 1. The number of nitrogens with zero attached hydrogens (tertiary/aromatic N) is 1. The van der Waals surface area contributed by atoms with Crippen molar-refractivity contribution in [1.82, 2.24) is 5.43 Å². The van der Waals surface area contributed by atoms with Crippen LogP contribution in [0.5, 0.6) is 11.5 Å². The zero-order valence-corrected chi connectivity index (χ0v) is 16.4. The van der Waals surface area contributed by atoms with Gasteiger partial charge < -0.3 is 9.47 Å². The molecule has 0 unspecified atom stereocenters. The molecule has 0 saturated heterocycles. The quantitative estimate of drug-likeness (QED) is 0.390. The monoisotopic (exact) mass is 430 g/mol. The van der Waals surface area contributed by atoms with Crippen LogP contribution in [-0.2, 0) is 6.61 Å². The molecule has 154 valence electrons. The Kier molecular flexibility index (Phi) is 7.34. The minimum Gasteiger partial charge on any atom is -0.488 e. The lowest BCUT2D eigenvalue weighted by molar-refractivity contribution is -0.0499. The van der Waals surface area contributed by atoms with Crippen molar-refractivity contribution in [1.29, 1.82) is 0 Å². The van der Waals surface area contributed by atoms with Crippen LogP contribution < -0.4 is 14.9 Å². The fourth-order valence-corrected chi connectivity index (χ4v) is 2.75. The van der Waals surface area contributed by atoms with E-state index in [1.165, 1.54) is 18.3 Å². The van der Waals surface area contributed by atoms with E-state index in [-0.39, 0.29) is 17.9 Å². The SMILES string of the molecule is O=C(N/N=C\c1ccccc1OC(F)F)c1ccccc1OCc1ccccc1Cl. The summed E-state index contributed by atoms with van der Waals surface area (Å²) in [5.74, 6) is -0.214. The number of rotatable bonds is 8. The number of para-hydroxylation sites is 2. The molecule has 3 aromatic carbocycles. The number of carbonyl (C=O) groups excluding carboxylic acids is 1. The molecule has 0 radical (unpaired) electrons. The summed E-state index contributed by atoms with van der Waals surface area (Å²) in [7, 11) is 0. The summed E-state index contributed by atoms with van der Waals surface area (Å²) in [6, 6.07) is 20.0. The molecule has 0 fully saturated rings. The van der Waals surface area contributed by atoms with Gasteiger partial charge in [0.1, 0.15) is 18.1 Å². The number of halogens is 3. The normalized spacial score (nSPS) is 10.9. The molecule has 0 aliphatic carbocycles. The molecule has 0 aliphatic heterocycles. The van der Waals surface area contributed by atoms with E-state index in [4.69, 9.17) is 16.3 Å². The number of amides is 1. The van der Waals surface area contributed by atoms with Gasteiger partial charge in [0.05, 0.1) is 11.8 Å². The maximum Gasteiger partial charge on any atom is 0.387 e. The minimum absolute atomic E-state index is 0.0472. The lowest BCUT2D eigenvalue weighted by Gasteiger charge is -2.11. The lowest BCUT2D eigenvalue weighted by atomic mass is 10.2. The molecule has 0 spiro atoms. The fraction of sp³-hybridized carbons (Fsp3) is 0.0909. The smallest absolute Gasteiger partial charge is 0.387 e. The van der Waals surface area contributed by atoms with E-state index in [9.17, 15) is 13.6 Å². The lowest BCUT2D eigenvalue weighted by Crippen LogP contribution is -2.19. The van der Waals surface area contributed by atoms with Crippen molar-refractivity contribution in [3.8, 4) is 11.5 Å². The molecule has 0 atom stereocenters. The summed E-state index contributed by atoms with van der Waals surface area (Å²) in [6.07, 6.45) is 1.23. The zero-order valence-electron chi connectivity index (χ0n) is 15.6. The molecular weight excluding hydrogens is 414 g/mol. The summed E-state index contributed by atoms with van der Waals surface area (Å²) in [6.45, 7) is -2.78. The Bertz CT molecular complexity index is 1040. The molecule has 0 aromatic heterocycles. The van der Waals surface area contributed by atoms with Gasteiger partial charge in [-0.2, -0.15) is 13.9 Å². The van der Waals surface area contributed by atoms with Crippen LogP contribution in [0.4, 0.5) is 8.78 Å². The second-order valence-electron chi connectivity index (χ2n) is 5.99. The van der Waals surface area contributed by atoms with E-state index in [1.54, 1.807) is 42.5 Å². The number of benzene rings is 3. The standard InChI is InChI=1S/C22H17ClF2N2O3/c23-18-10-4-1-8-16(18)14-29-20-12-6-3-9-17(20)21(28)27-26-13-15-7-2-5-11-19(15)30-22(24)25/h1-13,22H,14H2,(H,27,28)/b26-13-. The largest absolute Gasteiger partial charge is 0.488 e. The van der Waals surface area contributed by atoms with Crippen molar-refractivity contribution in [2.24, 2.45) is 5.10 Å². The van der Waals surface area contributed by atoms with E-state index in [2.05, 4.69) is 15.3 Å². The Hall–Kier alpha value is -3.45. The molecular formula is C22H17ClF2N2O3. The molecule has 1 N–H and O–H groups in total. The summed E-state index contributed by atoms with van der Waals surface area (Å²) in [5, 5.41) is 4.40. The number of ether oxygens (including phenoxy) is 2. The molecule has 30 heavy (non-hydrogen) atoms. The molecule has 1 amide bonds. The van der Waals surface area contributed by atoms with Gasteiger partial charge in [0.15, 0.2) is 0 Å². The van der Waals surface area contributed by atoms with Crippen LogP contribution in [0.3, 0.4) is 0 Å². The molecule has 3 aromatic rings. The van der Waals surface area contributed by atoms with Crippen molar-refractivity contribution in [3.05, 3.63) is 94.5 Å². The maximum atomic E-state index is 12.5. The van der Waals surface area contributed by atoms with Gasteiger partial charge in [-0.3, -0.25) is 4.79 Å². The Morgan fingerprint density at radius 3 is 2.43 bits per heavy atom. The Morgan fingerprint density at radius 1 is 1.00 bits per heavy atom.